The van der Waals surface area contributed by atoms with Crippen LogP contribution in [0.2, 0.25) is 5.02 Å². The molecule has 4 aromatic carbocycles. The quantitative estimate of drug-likeness (QED) is 0.146. The first kappa shape index (κ1) is 31.6. The van der Waals surface area contributed by atoms with E-state index in [0.717, 1.165) is 17.2 Å². The first-order valence-corrected chi connectivity index (χ1v) is 14.6. The number of hydrogen-bond donors (Lipinski definition) is 1. The van der Waals surface area contributed by atoms with Gasteiger partial charge >= 0.3 is 12.1 Å². The van der Waals surface area contributed by atoms with Crippen molar-refractivity contribution in [3.63, 3.8) is 0 Å². The summed E-state index contributed by atoms with van der Waals surface area (Å²) in [6, 6.07) is 29.2. The van der Waals surface area contributed by atoms with Gasteiger partial charge in [0.2, 0.25) is 0 Å². The summed E-state index contributed by atoms with van der Waals surface area (Å²) in [4.78, 5) is 13.3. The fourth-order valence-corrected chi connectivity index (χ4v) is 5.53. The van der Waals surface area contributed by atoms with Crippen LogP contribution in [0.1, 0.15) is 40.2 Å². The third-order valence-electron chi connectivity index (χ3n) is 6.87. The van der Waals surface area contributed by atoms with Gasteiger partial charge in [-0.3, -0.25) is 9.69 Å². The zero-order chi connectivity index (χ0) is 30.1. The van der Waals surface area contributed by atoms with Crippen LogP contribution in [0, 0.1) is 0 Å². The molecule has 9 heteroatoms. The van der Waals surface area contributed by atoms with Gasteiger partial charge in [0.1, 0.15) is 5.75 Å². The maximum Gasteiger partial charge on any atom is 0.417 e. The van der Waals surface area contributed by atoms with Crippen molar-refractivity contribution >= 4 is 33.5 Å². The molecule has 0 aliphatic heterocycles. The molecule has 0 spiro atoms. The summed E-state index contributed by atoms with van der Waals surface area (Å²) in [6.07, 6.45) is -4.10. The molecule has 220 valence electrons. The smallest absolute Gasteiger partial charge is 0.417 e. The highest BCUT2D eigenvalue weighted by atomic mass is 79.9. The minimum absolute atomic E-state index is 0.0251. The van der Waals surface area contributed by atoms with Crippen molar-refractivity contribution in [2.24, 2.45) is 0 Å². The van der Waals surface area contributed by atoms with Gasteiger partial charge in [0, 0.05) is 30.0 Å². The highest BCUT2D eigenvalue weighted by molar-refractivity contribution is 9.10. The Morgan fingerprint density at radius 3 is 2.14 bits per heavy atom. The molecule has 4 aromatic rings. The molecule has 0 fully saturated rings. The minimum atomic E-state index is -4.55. The Balaban J connectivity index is 1.55. The number of ether oxygens (including phenoxy) is 1. The average molecular weight is 661 g/mol. The molecule has 0 aliphatic carbocycles. The van der Waals surface area contributed by atoms with E-state index in [2.05, 4.69) is 45.1 Å². The molecule has 1 N–H and O–H groups in total. The van der Waals surface area contributed by atoms with E-state index < -0.39 is 17.7 Å². The molecule has 0 aromatic heterocycles. The van der Waals surface area contributed by atoms with Gasteiger partial charge in [-0.05, 0) is 52.9 Å². The lowest BCUT2D eigenvalue weighted by Gasteiger charge is -2.29. The Morgan fingerprint density at radius 2 is 1.55 bits per heavy atom. The summed E-state index contributed by atoms with van der Waals surface area (Å²) in [5.41, 5.74) is 2.36. The molecular formula is C33H30BrClF3NO3. The van der Waals surface area contributed by atoms with Crippen LogP contribution in [-0.2, 0) is 23.9 Å². The first-order valence-electron chi connectivity index (χ1n) is 13.4. The molecule has 0 saturated heterocycles. The van der Waals surface area contributed by atoms with Gasteiger partial charge in [0.25, 0.3) is 0 Å². The number of nitrogens with zero attached hydrogens (tertiary/aromatic N) is 1. The van der Waals surface area contributed by atoms with Crippen LogP contribution in [0.3, 0.4) is 0 Å². The highest BCUT2D eigenvalue weighted by Gasteiger charge is 2.34. The Hall–Kier alpha value is -3.33. The Kier molecular flexibility index (Phi) is 11.1. The van der Waals surface area contributed by atoms with E-state index in [4.69, 9.17) is 21.4 Å². The third kappa shape index (κ3) is 8.84. The molecule has 4 nitrogen and oxygen atoms in total. The van der Waals surface area contributed by atoms with Gasteiger partial charge in [-0.25, -0.2) is 0 Å². The Morgan fingerprint density at radius 1 is 0.905 bits per heavy atom. The normalized spacial score (nSPS) is 11.7. The lowest BCUT2D eigenvalue weighted by molar-refractivity contribution is -0.138. The summed E-state index contributed by atoms with van der Waals surface area (Å²) >= 11 is 9.66. The monoisotopic (exact) mass is 659 g/mol. The molecule has 0 saturated carbocycles. The molecule has 4 rings (SSSR count). The van der Waals surface area contributed by atoms with Crippen molar-refractivity contribution in [3.8, 4) is 5.75 Å². The van der Waals surface area contributed by atoms with Crippen LogP contribution >= 0.6 is 27.5 Å². The highest BCUT2D eigenvalue weighted by Crippen LogP contribution is 2.37. The zero-order valence-electron chi connectivity index (χ0n) is 22.7. The van der Waals surface area contributed by atoms with Crippen molar-refractivity contribution in [2.45, 2.75) is 31.5 Å². The van der Waals surface area contributed by atoms with Crippen LogP contribution in [0.4, 0.5) is 13.2 Å². The number of benzene rings is 4. The Bertz CT molecular complexity index is 1430. The molecular weight excluding hydrogens is 631 g/mol. The second kappa shape index (κ2) is 14.7. The number of halogens is 5. The van der Waals surface area contributed by atoms with Crippen LogP contribution in [0.25, 0.3) is 0 Å². The third-order valence-corrected chi connectivity index (χ3v) is 8.09. The van der Waals surface area contributed by atoms with Gasteiger partial charge in [0.15, 0.2) is 0 Å². The number of carbonyl (C=O) groups is 1. The second-order valence-corrected chi connectivity index (χ2v) is 11.1. The lowest BCUT2D eigenvalue weighted by atomic mass is 9.90. The molecule has 0 radical (unpaired) electrons. The largest absolute Gasteiger partial charge is 0.494 e. The van der Waals surface area contributed by atoms with Gasteiger partial charge in [-0.15, -0.1) is 0 Å². The maximum absolute atomic E-state index is 13.6. The number of aliphatic carboxylic acids is 1. The topological polar surface area (TPSA) is 49.8 Å². The van der Waals surface area contributed by atoms with Crippen molar-refractivity contribution in [1.82, 2.24) is 4.90 Å². The lowest BCUT2D eigenvalue weighted by Crippen LogP contribution is -2.31. The van der Waals surface area contributed by atoms with Gasteiger partial charge < -0.3 is 9.84 Å². The fraction of sp³-hybridized carbons (Fsp3) is 0.242. The molecule has 0 bridgehead atoms. The van der Waals surface area contributed by atoms with E-state index >= 15 is 0 Å². The molecule has 0 amide bonds. The van der Waals surface area contributed by atoms with E-state index in [1.54, 1.807) is 24.3 Å². The van der Waals surface area contributed by atoms with Crippen LogP contribution in [0.5, 0.6) is 5.75 Å². The minimum Gasteiger partial charge on any atom is -0.494 e. The summed E-state index contributed by atoms with van der Waals surface area (Å²) in [5.74, 6) is -0.417. The van der Waals surface area contributed by atoms with E-state index in [1.807, 2.05) is 36.4 Å². The van der Waals surface area contributed by atoms with Crippen molar-refractivity contribution in [1.29, 1.82) is 0 Å². The number of carboxylic acids is 1. The fourth-order valence-electron chi connectivity index (χ4n) is 4.85. The van der Waals surface area contributed by atoms with Crippen LogP contribution < -0.4 is 4.74 Å². The summed E-state index contributed by atoms with van der Waals surface area (Å²) in [5, 5.41) is 8.87. The average Bonchev–Trinajstić information content (AvgIpc) is 2.96. The van der Waals surface area contributed by atoms with E-state index in [9.17, 15) is 18.0 Å². The number of alkyl halides is 3. The molecule has 0 heterocycles. The predicted octanol–water partition coefficient (Wildman–Crippen LogP) is 8.85. The predicted molar refractivity (Wildman–Crippen MR) is 162 cm³/mol. The number of rotatable bonds is 13. The molecule has 0 unspecified atom stereocenters. The van der Waals surface area contributed by atoms with Gasteiger partial charge in [0.05, 0.1) is 23.6 Å². The summed E-state index contributed by atoms with van der Waals surface area (Å²) in [6.45, 7) is 1.63. The summed E-state index contributed by atoms with van der Waals surface area (Å²) < 4.78 is 47.4. The summed E-state index contributed by atoms with van der Waals surface area (Å²) in [7, 11) is 0. The zero-order valence-corrected chi connectivity index (χ0v) is 25.0. The van der Waals surface area contributed by atoms with Crippen molar-refractivity contribution < 1.29 is 27.8 Å². The standard InChI is InChI=1S/C33H30BrClF3NO3/c34-30-16-15-27(19-26(30)20-31(40)41)42-18-8-17-39(21-25-13-7-14-29(32(25)35)33(36,37)38)22-28(23-9-3-1-4-10-23)24-11-5-2-6-12-24/h1-7,9-16,19,28H,8,17-18,20-22H2,(H,40,41). The van der Waals surface area contributed by atoms with Crippen LogP contribution in [0.15, 0.2) is 102 Å². The van der Waals surface area contributed by atoms with Gasteiger partial charge in [-0.1, -0.05) is 100 Å². The molecule has 42 heavy (non-hydrogen) atoms. The first-order chi connectivity index (χ1) is 20.1. The maximum atomic E-state index is 13.6. The van der Waals surface area contributed by atoms with Gasteiger partial charge in [-0.2, -0.15) is 13.2 Å². The molecule has 0 atom stereocenters. The van der Waals surface area contributed by atoms with Crippen LogP contribution in [-0.4, -0.2) is 35.7 Å². The molecule has 0 aliphatic rings. The Labute approximate surface area is 256 Å². The number of carboxylic acid groups (broad SMARTS) is 1. The van der Waals surface area contributed by atoms with E-state index in [-0.39, 0.29) is 23.9 Å². The van der Waals surface area contributed by atoms with Crippen molar-refractivity contribution in [3.05, 3.63) is 134 Å². The van der Waals surface area contributed by atoms with E-state index in [0.29, 0.717) is 47.5 Å². The van der Waals surface area contributed by atoms with E-state index in [1.165, 1.54) is 6.07 Å². The SMILES string of the molecule is O=C(O)Cc1cc(OCCCN(Cc2cccc(C(F)(F)F)c2Cl)CC(c2ccccc2)c2ccccc2)ccc1Br. The number of hydrogen-bond acceptors (Lipinski definition) is 3. The second-order valence-electron chi connectivity index (χ2n) is 9.91. The van der Waals surface area contributed by atoms with Crippen molar-refractivity contribution in [2.75, 3.05) is 19.7 Å².